The van der Waals surface area contributed by atoms with Crippen LogP contribution < -0.4 is 5.32 Å². The van der Waals surface area contributed by atoms with Crippen LogP contribution >= 0.6 is 0 Å². The van der Waals surface area contributed by atoms with Crippen molar-refractivity contribution in [1.29, 1.82) is 0 Å². The Morgan fingerprint density at radius 2 is 1.82 bits per heavy atom. The molecule has 1 N–H and O–H groups in total. The van der Waals surface area contributed by atoms with Gasteiger partial charge in [0.2, 0.25) is 0 Å². The van der Waals surface area contributed by atoms with Gasteiger partial charge in [-0.3, -0.25) is 4.90 Å². The summed E-state index contributed by atoms with van der Waals surface area (Å²) < 4.78 is 0. The summed E-state index contributed by atoms with van der Waals surface area (Å²) in [7, 11) is 2.35. The maximum atomic E-state index is 3.70. The van der Waals surface area contributed by atoms with Crippen molar-refractivity contribution < 1.29 is 0 Å². The van der Waals surface area contributed by atoms with Gasteiger partial charge in [-0.15, -0.1) is 0 Å². The molecule has 1 aliphatic carbocycles. The van der Waals surface area contributed by atoms with E-state index in [1.807, 2.05) is 0 Å². The molecule has 0 bridgehead atoms. The predicted molar refractivity (Wildman–Crippen MR) is 76.5 cm³/mol. The maximum Gasteiger partial charge on any atom is 0.0246 e. The fourth-order valence-corrected chi connectivity index (χ4v) is 3.44. The smallest absolute Gasteiger partial charge is 0.0246 e. The molecule has 0 aromatic heterocycles. The van der Waals surface area contributed by atoms with Crippen LogP contribution in [-0.2, 0) is 0 Å². The highest BCUT2D eigenvalue weighted by Gasteiger charge is 2.29. The van der Waals surface area contributed by atoms with Crippen molar-refractivity contribution in [3.05, 3.63) is 0 Å². The Morgan fingerprint density at radius 1 is 1.18 bits per heavy atom. The van der Waals surface area contributed by atoms with Gasteiger partial charge in [0.25, 0.3) is 0 Å². The third-order valence-corrected chi connectivity index (χ3v) is 4.37. The second-order valence-electron chi connectivity index (χ2n) is 5.53. The Bertz CT molecular complexity index is 179. The molecular formula is C15H32N2. The van der Waals surface area contributed by atoms with Crippen molar-refractivity contribution in [2.24, 2.45) is 0 Å². The van der Waals surface area contributed by atoms with E-state index in [0.29, 0.717) is 6.04 Å². The lowest BCUT2D eigenvalue weighted by molar-refractivity contribution is 0.131. The van der Waals surface area contributed by atoms with E-state index in [1.165, 1.54) is 44.9 Å². The highest BCUT2D eigenvalue weighted by atomic mass is 15.2. The molecule has 0 amide bonds. The molecule has 17 heavy (non-hydrogen) atoms. The molecular weight excluding hydrogens is 208 g/mol. The molecule has 2 atom stereocenters. The molecule has 0 saturated heterocycles. The quantitative estimate of drug-likeness (QED) is 0.699. The van der Waals surface area contributed by atoms with Crippen LogP contribution in [0.5, 0.6) is 0 Å². The summed E-state index contributed by atoms with van der Waals surface area (Å²) in [4.78, 5) is 2.68. The number of hydrogen-bond donors (Lipinski definition) is 1. The molecule has 0 aromatic carbocycles. The van der Waals surface area contributed by atoms with Gasteiger partial charge >= 0.3 is 0 Å². The highest BCUT2D eigenvalue weighted by molar-refractivity contribution is 4.87. The first kappa shape index (κ1) is 15.0. The minimum atomic E-state index is 0.681. The summed E-state index contributed by atoms with van der Waals surface area (Å²) in [6.07, 6.45) is 9.56. The van der Waals surface area contributed by atoms with Crippen molar-refractivity contribution in [3.8, 4) is 0 Å². The van der Waals surface area contributed by atoms with E-state index in [0.717, 1.165) is 18.6 Å². The monoisotopic (exact) mass is 240 g/mol. The van der Waals surface area contributed by atoms with Gasteiger partial charge in [0, 0.05) is 18.1 Å². The Labute approximate surface area is 108 Å². The third-order valence-electron chi connectivity index (χ3n) is 4.37. The zero-order valence-electron chi connectivity index (χ0n) is 12.3. The van der Waals surface area contributed by atoms with Crippen molar-refractivity contribution >= 4 is 0 Å². The SMILES string of the molecule is CCCC(NCC)C(CC)N(C)C1CCCC1. The zero-order chi connectivity index (χ0) is 12.7. The average Bonchev–Trinajstić information content (AvgIpc) is 2.84. The van der Waals surface area contributed by atoms with Crippen LogP contribution in [0.1, 0.15) is 65.7 Å². The van der Waals surface area contributed by atoms with Crippen LogP contribution in [0.15, 0.2) is 0 Å². The van der Waals surface area contributed by atoms with Gasteiger partial charge in [0.05, 0.1) is 0 Å². The van der Waals surface area contributed by atoms with E-state index in [4.69, 9.17) is 0 Å². The molecule has 0 radical (unpaired) electrons. The summed E-state index contributed by atoms with van der Waals surface area (Å²) in [5.74, 6) is 0. The largest absolute Gasteiger partial charge is 0.313 e. The summed E-state index contributed by atoms with van der Waals surface area (Å²) in [6, 6.07) is 2.25. The van der Waals surface area contributed by atoms with E-state index in [-0.39, 0.29) is 0 Å². The molecule has 0 spiro atoms. The first-order valence-electron chi connectivity index (χ1n) is 7.69. The van der Waals surface area contributed by atoms with Crippen LogP contribution in [0.3, 0.4) is 0 Å². The van der Waals surface area contributed by atoms with Crippen LogP contribution in [-0.4, -0.2) is 36.6 Å². The van der Waals surface area contributed by atoms with Gasteiger partial charge in [0.15, 0.2) is 0 Å². The molecule has 0 aromatic rings. The average molecular weight is 240 g/mol. The van der Waals surface area contributed by atoms with Gasteiger partial charge in [0.1, 0.15) is 0 Å². The van der Waals surface area contributed by atoms with Gasteiger partial charge in [-0.1, -0.05) is 40.0 Å². The van der Waals surface area contributed by atoms with E-state index >= 15 is 0 Å². The van der Waals surface area contributed by atoms with Crippen molar-refractivity contribution in [1.82, 2.24) is 10.2 Å². The molecule has 0 aliphatic heterocycles. The third kappa shape index (κ3) is 4.26. The number of likely N-dealkylation sites (N-methyl/N-ethyl adjacent to an activating group) is 2. The number of hydrogen-bond acceptors (Lipinski definition) is 2. The van der Waals surface area contributed by atoms with Gasteiger partial charge in [-0.25, -0.2) is 0 Å². The number of nitrogens with one attached hydrogen (secondary N) is 1. The Morgan fingerprint density at radius 3 is 2.29 bits per heavy atom. The normalized spacial score (nSPS) is 21.0. The van der Waals surface area contributed by atoms with Crippen molar-refractivity contribution in [2.75, 3.05) is 13.6 Å². The molecule has 1 fully saturated rings. The molecule has 102 valence electrons. The minimum absolute atomic E-state index is 0.681. The van der Waals surface area contributed by atoms with E-state index in [2.05, 4.69) is 38.0 Å². The second-order valence-corrected chi connectivity index (χ2v) is 5.53. The fourth-order valence-electron chi connectivity index (χ4n) is 3.44. The van der Waals surface area contributed by atoms with Crippen LogP contribution in [0.4, 0.5) is 0 Å². The summed E-state index contributed by atoms with van der Waals surface area (Å²) >= 11 is 0. The fraction of sp³-hybridized carbons (Fsp3) is 1.00. The van der Waals surface area contributed by atoms with E-state index in [9.17, 15) is 0 Å². The zero-order valence-corrected chi connectivity index (χ0v) is 12.3. The Balaban J connectivity index is 2.58. The first-order chi connectivity index (χ1) is 8.24. The topological polar surface area (TPSA) is 15.3 Å². The number of nitrogens with zero attached hydrogens (tertiary/aromatic N) is 1. The van der Waals surface area contributed by atoms with Gasteiger partial charge < -0.3 is 5.32 Å². The van der Waals surface area contributed by atoms with Gasteiger partial charge in [-0.2, -0.15) is 0 Å². The molecule has 1 saturated carbocycles. The molecule has 1 rings (SSSR count). The standard InChI is InChI=1S/C15H32N2/c1-5-10-14(16-7-3)15(6-2)17(4)13-11-8-9-12-13/h13-16H,5-12H2,1-4H3. The lowest BCUT2D eigenvalue weighted by Gasteiger charge is -2.38. The molecule has 2 heteroatoms. The Hall–Kier alpha value is -0.0800. The van der Waals surface area contributed by atoms with Gasteiger partial charge in [-0.05, 0) is 39.3 Å². The maximum absolute atomic E-state index is 3.70. The Kier molecular flexibility index (Phi) is 7.14. The van der Waals surface area contributed by atoms with E-state index < -0.39 is 0 Å². The first-order valence-corrected chi connectivity index (χ1v) is 7.69. The highest BCUT2D eigenvalue weighted by Crippen LogP contribution is 2.26. The molecule has 1 aliphatic rings. The molecule has 2 unspecified atom stereocenters. The van der Waals surface area contributed by atoms with E-state index in [1.54, 1.807) is 0 Å². The predicted octanol–water partition coefficient (Wildman–Crippen LogP) is 3.42. The summed E-state index contributed by atoms with van der Waals surface area (Å²) in [5.41, 5.74) is 0. The summed E-state index contributed by atoms with van der Waals surface area (Å²) in [5, 5.41) is 3.70. The van der Waals surface area contributed by atoms with Crippen LogP contribution in [0, 0.1) is 0 Å². The van der Waals surface area contributed by atoms with Crippen LogP contribution in [0.25, 0.3) is 0 Å². The molecule has 0 heterocycles. The van der Waals surface area contributed by atoms with Crippen molar-refractivity contribution in [3.63, 3.8) is 0 Å². The lowest BCUT2D eigenvalue weighted by atomic mass is 9.97. The number of rotatable bonds is 8. The second kappa shape index (κ2) is 8.10. The molecule has 2 nitrogen and oxygen atoms in total. The van der Waals surface area contributed by atoms with Crippen molar-refractivity contribution in [2.45, 2.75) is 83.8 Å². The summed E-state index contributed by atoms with van der Waals surface area (Å²) in [6.45, 7) is 7.97. The van der Waals surface area contributed by atoms with Crippen LogP contribution in [0.2, 0.25) is 0 Å². The lowest BCUT2D eigenvalue weighted by Crippen LogP contribution is -2.51. The minimum Gasteiger partial charge on any atom is -0.313 e.